The molecule has 1 atom stereocenters. The monoisotopic (exact) mass is 304 g/mol. The maximum atomic E-state index is 12.0. The minimum atomic E-state index is -5.00. The molecule has 0 spiro atoms. The molecule has 1 aromatic carbocycles. The van der Waals surface area contributed by atoms with E-state index in [0.29, 0.717) is 6.26 Å². The number of fused-ring (bicyclic) bond motifs is 1. The number of phosphoric acid groups is 1. The molecule has 2 rings (SSSR count). The van der Waals surface area contributed by atoms with Crippen LogP contribution in [0.15, 0.2) is 27.6 Å². The largest absolute Gasteiger partial charge is 0.504 e. The maximum Gasteiger partial charge on any atom is 0.472 e. The van der Waals surface area contributed by atoms with Gasteiger partial charge in [0.1, 0.15) is 6.26 Å². The standard InChI is InChI=1S/C10H9O9P/c11-6-2-1-4-7(12)5(3-18-9(4)8(6)13)10(14)19-20(15,16)17/h1-3,10-11,13-14H,(H2,15,16,17). The first kappa shape index (κ1) is 14.5. The summed E-state index contributed by atoms with van der Waals surface area (Å²) in [5.41, 5.74) is -1.77. The first-order chi connectivity index (χ1) is 9.20. The lowest BCUT2D eigenvalue weighted by Crippen LogP contribution is -2.14. The summed E-state index contributed by atoms with van der Waals surface area (Å²) in [4.78, 5) is 29.1. The Kier molecular flexibility index (Phi) is 3.55. The summed E-state index contributed by atoms with van der Waals surface area (Å²) in [5.74, 6) is -1.18. The number of aromatic hydroxyl groups is 2. The Morgan fingerprint density at radius 1 is 1.25 bits per heavy atom. The molecule has 108 valence electrons. The lowest BCUT2D eigenvalue weighted by Gasteiger charge is -2.12. The van der Waals surface area contributed by atoms with Gasteiger partial charge in [-0.25, -0.2) is 4.57 Å². The van der Waals surface area contributed by atoms with Gasteiger partial charge in [-0.15, -0.1) is 0 Å². The molecule has 5 N–H and O–H groups in total. The van der Waals surface area contributed by atoms with E-state index in [-0.39, 0.29) is 11.0 Å². The molecule has 0 amide bonds. The van der Waals surface area contributed by atoms with Crippen LogP contribution in [-0.2, 0) is 9.09 Å². The fraction of sp³-hybridized carbons (Fsp3) is 0.100. The molecule has 2 aromatic rings. The molecular weight excluding hydrogens is 295 g/mol. The molecule has 1 unspecified atom stereocenters. The lowest BCUT2D eigenvalue weighted by molar-refractivity contribution is -0.0404. The predicted molar refractivity (Wildman–Crippen MR) is 63.9 cm³/mol. The first-order valence-corrected chi connectivity index (χ1v) is 6.62. The molecule has 0 bridgehead atoms. The van der Waals surface area contributed by atoms with Gasteiger partial charge in [0.15, 0.2) is 17.6 Å². The molecule has 9 nitrogen and oxygen atoms in total. The molecule has 1 heterocycles. The van der Waals surface area contributed by atoms with Crippen molar-refractivity contribution in [2.75, 3.05) is 0 Å². The summed E-state index contributed by atoms with van der Waals surface area (Å²) in [7, 11) is -5.00. The normalized spacial score (nSPS) is 13.6. The van der Waals surface area contributed by atoms with Crippen molar-refractivity contribution in [3.8, 4) is 11.5 Å². The summed E-state index contributed by atoms with van der Waals surface area (Å²) in [6.07, 6.45) is -1.53. The van der Waals surface area contributed by atoms with E-state index in [9.17, 15) is 24.7 Å². The van der Waals surface area contributed by atoms with E-state index in [1.807, 2.05) is 0 Å². The van der Waals surface area contributed by atoms with Gasteiger partial charge in [0.2, 0.25) is 11.2 Å². The zero-order chi connectivity index (χ0) is 15.1. The number of phosphoric ester groups is 1. The van der Waals surface area contributed by atoms with Crippen molar-refractivity contribution in [3.63, 3.8) is 0 Å². The Morgan fingerprint density at radius 3 is 2.50 bits per heavy atom. The van der Waals surface area contributed by atoms with Gasteiger partial charge in [0.25, 0.3) is 0 Å². The molecular formula is C10H9O9P. The Labute approximate surface area is 110 Å². The van der Waals surface area contributed by atoms with Crippen LogP contribution in [0.25, 0.3) is 11.0 Å². The number of rotatable bonds is 3. The minimum Gasteiger partial charge on any atom is -0.504 e. The molecule has 0 radical (unpaired) electrons. The molecule has 0 saturated heterocycles. The fourth-order valence-corrected chi connectivity index (χ4v) is 1.92. The summed E-state index contributed by atoms with van der Waals surface area (Å²) in [5, 5.41) is 28.0. The summed E-state index contributed by atoms with van der Waals surface area (Å²) < 4.78 is 19.4. The van der Waals surface area contributed by atoms with Crippen molar-refractivity contribution in [1.29, 1.82) is 0 Å². The number of aliphatic hydroxyl groups is 1. The number of benzene rings is 1. The van der Waals surface area contributed by atoms with E-state index in [0.717, 1.165) is 12.1 Å². The Hall–Kier alpha value is -1.90. The van der Waals surface area contributed by atoms with E-state index >= 15 is 0 Å². The van der Waals surface area contributed by atoms with Gasteiger partial charge in [-0.05, 0) is 12.1 Å². The Morgan fingerprint density at radius 2 is 1.90 bits per heavy atom. The number of hydrogen-bond donors (Lipinski definition) is 5. The van der Waals surface area contributed by atoms with Crippen molar-refractivity contribution < 1.29 is 38.6 Å². The summed E-state index contributed by atoms with van der Waals surface area (Å²) in [6.45, 7) is 0. The first-order valence-electron chi connectivity index (χ1n) is 5.09. The molecule has 0 saturated carbocycles. The van der Waals surface area contributed by atoms with Crippen LogP contribution >= 0.6 is 7.82 Å². The molecule has 1 aromatic heterocycles. The van der Waals surface area contributed by atoms with Crippen LogP contribution in [0.4, 0.5) is 0 Å². The highest BCUT2D eigenvalue weighted by atomic mass is 31.2. The fourth-order valence-electron chi connectivity index (χ4n) is 1.55. The summed E-state index contributed by atoms with van der Waals surface area (Å²) in [6, 6.07) is 2.14. The highest BCUT2D eigenvalue weighted by Gasteiger charge is 2.25. The zero-order valence-electron chi connectivity index (χ0n) is 9.63. The molecule has 0 aliphatic rings. The van der Waals surface area contributed by atoms with E-state index in [1.165, 1.54) is 0 Å². The Balaban J connectivity index is 2.59. The van der Waals surface area contributed by atoms with Crippen molar-refractivity contribution >= 4 is 18.8 Å². The topological polar surface area (TPSA) is 158 Å². The van der Waals surface area contributed by atoms with E-state index < -0.39 is 36.6 Å². The second-order valence-corrected chi connectivity index (χ2v) is 4.97. The van der Waals surface area contributed by atoms with Gasteiger partial charge in [-0.3, -0.25) is 9.32 Å². The van der Waals surface area contributed by atoms with Crippen LogP contribution in [-0.4, -0.2) is 25.1 Å². The van der Waals surface area contributed by atoms with Gasteiger partial charge < -0.3 is 29.5 Å². The third kappa shape index (κ3) is 2.67. The van der Waals surface area contributed by atoms with Crippen LogP contribution in [0.3, 0.4) is 0 Å². The van der Waals surface area contributed by atoms with Gasteiger partial charge in [-0.1, -0.05) is 0 Å². The average Bonchev–Trinajstić information content (AvgIpc) is 2.32. The second-order valence-electron chi connectivity index (χ2n) is 3.78. The van der Waals surface area contributed by atoms with Crippen LogP contribution in [0, 0.1) is 0 Å². The van der Waals surface area contributed by atoms with Crippen LogP contribution in [0.5, 0.6) is 11.5 Å². The van der Waals surface area contributed by atoms with Crippen LogP contribution in [0.1, 0.15) is 11.9 Å². The number of phenolic OH excluding ortho intramolecular Hbond substituents is 2. The maximum absolute atomic E-state index is 12.0. The smallest absolute Gasteiger partial charge is 0.472 e. The number of hydrogen-bond acceptors (Lipinski definition) is 7. The lowest BCUT2D eigenvalue weighted by atomic mass is 10.1. The highest BCUT2D eigenvalue weighted by Crippen LogP contribution is 2.41. The molecule has 0 aliphatic carbocycles. The van der Waals surface area contributed by atoms with Gasteiger partial charge in [0.05, 0.1) is 10.9 Å². The average molecular weight is 304 g/mol. The van der Waals surface area contributed by atoms with Gasteiger partial charge in [-0.2, -0.15) is 0 Å². The van der Waals surface area contributed by atoms with Crippen molar-refractivity contribution in [2.45, 2.75) is 6.29 Å². The Bertz CT molecular complexity index is 759. The van der Waals surface area contributed by atoms with Crippen molar-refractivity contribution in [3.05, 3.63) is 34.2 Å². The minimum absolute atomic E-state index is 0.203. The van der Waals surface area contributed by atoms with Gasteiger partial charge in [0, 0.05) is 0 Å². The molecule has 0 aliphatic heterocycles. The summed E-state index contributed by atoms with van der Waals surface area (Å²) >= 11 is 0. The third-order valence-electron chi connectivity index (χ3n) is 2.42. The van der Waals surface area contributed by atoms with Crippen LogP contribution < -0.4 is 5.43 Å². The van der Waals surface area contributed by atoms with Crippen molar-refractivity contribution in [2.24, 2.45) is 0 Å². The highest BCUT2D eigenvalue weighted by molar-refractivity contribution is 7.46. The molecule has 10 heteroatoms. The van der Waals surface area contributed by atoms with E-state index in [4.69, 9.17) is 14.2 Å². The zero-order valence-corrected chi connectivity index (χ0v) is 10.5. The van der Waals surface area contributed by atoms with E-state index in [1.54, 1.807) is 0 Å². The molecule has 20 heavy (non-hydrogen) atoms. The SMILES string of the molecule is O=c1c(C(O)OP(=O)(O)O)coc2c(O)c(O)ccc12. The van der Waals surface area contributed by atoms with Gasteiger partial charge >= 0.3 is 7.82 Å². The second kappa shape index (κ2) is 4.89. The van der Waals surface area contributed by atoms with Crippen molar-refractivity contribution in [1.82, 2.24) is 0 Å². The van der Waals surface area contributed by atoms with E-state index in [2.05, 4.69) is 4.52 Å². The third-order valence-corrected chi connectivity index (χ3v) is 2.90. The molecule has 0 fully saturated rings. The number of aliphatic hydroxyl groups excluding tert-OH is 1. The number of phenols is 2. The van der Waals surface area contributed by atoms with Crippen LogP contribution in [0.2, 0.25) is 0 Å². The predicted octanol–water partition coefficient (Wildman–Crippen LogP) is 0.304. The quantitative estimate of drug-likeness (QED) is 0.305.